The van der Waals surface area contributed by atoms with Gasteiger partial charge < -0.3 is 0 Å². The van der Waals surface area contributed by atoms with Crippen molar-refractivity contribution in [1.29, 1.82) is 0 Å². The molecule has 0 nitrogen and oxygen atoms in total. The predicted molar refractivity (Wildman–Crippen MR) is 107 cm³/mol. The highest BCUT2D eigenvalue weighted by Crippen LogP contribution is 2.24. The smallest absolute Gasteiger partial charge is 0.0105 e. The van der Waals surface area contributed by atoms with Gasteiger partial charge in [0.1, 0.15) is 0 Å². The second-order valence-corrected chi connectivity index (χ2v) is 3.51. The Morgan fingerprint density at radius 1 is 0.364 bits per heavy atom. The summed E-state index contributed by atoms with van der Waals surface area (Å²) in [6.07, 6.45) is 0. The first-order valence-corrected chi connectivity index (χ1v) is 8.82. The maximum absolute atomic E-state index is 2.18. The zero-order chi connectivity index (χ0) is 17.4. The Morgan fingerprint density at radius 2 is 0.636 bits per heavy atom. The highest BCUT2D eigenvalue weighted by Gasteiger charge is 1.97. The Hall–Kier alpha value is -1.82. The van der Waals surface area contributed by atoms with E-state index in [1.165, 1.54) is 21.5 Å². The molecule has 0 N–H and O–H groups in total. The van der Waals surface area contributed by atoms with Crippen molar-refractivity contribution in [1.82, 2.24) is 0 Å². The number of hydrogen-bond acceptors (Lipinski definition) is 0. The fourth-order valence-corrected chi connectivity index (χ4v) is 1.95. The molecule has 0 aliphatic rings. The van der Waals surface area contributed by atoms with E-state index in [2.05, 4.69) is 60.7 Å². The third kappa shape index (κ3) is 6.30. The molecule has 0 bridgehead atoms. The van der Waals surface area contributed by atoms with Gasteiger partial charge in [-0.2, -0.15) is 0 Å². The van der Waals surface area contributed by atoms with Crippen molar-refractivity contribution in [3.05, 3.63) is 60.7 Å². The van der Waals surface area contributed by atoms with E-state index >= 15 is 0 Å². The number of fused-ring (bicyclic) bond motifs is 3. The van der Waals surface area contributed by atoms with Gasteiger partial charge in [-0.1, -0.05) is 116 Å². The molecule has 0 heterocycles. The summed E-state index contributed by atoms with van der Waals surface area (Å²) in [5, 5.41) is 5.30. The maximum atomic E-state index is 2.18. The van der Waals surface area contributed by atoms with Gasteiger partial charge in [0.2, 0.25) is 0 Å². The van der Waals surface area contributed by atoms with Crippen LogP contribution >= 0.6 is 0 Å². The quantitative estimate of drug-likeness (QED) is 0.368. The average molecular weight is 299 g/mol. The summed E-state index contributed by atoms with van der Waals surface area (Å²) in [4.78, 5) is 0. The van der Waals surface area contributed by atoms with E-state index in [9.17, 15) is 0 Å². The van der Waals surface area contributed by atoms with E-state index in [4.69, 9.17) is 0 Å². The number of hydrogen-bond donors (Lipinski definition) is 0. The number of benzene rings is 3. The molecule has 0 aliphatic heterocycles. The highest BCUT2D eigenvalue weighted by atomic mass is 14.0. The van der Waals surface area contributed by atoms with Crippen LogP contribution in [0.4, 0.5) is 0 Å². The van der Waals surface area contributed by atoms with Gasteiger partial charge >= 0.3 is 0 Å². The second-order valence-electron chi connectivity index (χ2n) is 3.51. The van der Waals surface area contributed by atoms with Crippen LogP contribution in [0, 0.1) is 0 Å². The second kappa shape index (κ2) is 15.6. The predicted octanol–water partition coefficient (Wildman–Crippen LogP) is 8.10. The van der Waals surface area contributed by atoms with Crippen molar-refractivity contribution in [3.63, 3.8) is 0 Å². The topological polar surface area (TPSA) is 0 Å². The van der Waals surface area contributed by atoms with E-state index in [1.54, 1.807) is 0 Å². The Kier molecular flexibility index (Phi) is 15.9. The summed E-state index contributed by atoms with van der Waals surface area (Å²) < 4.78 is 0. The lowest BCUT2D eigenvalue weighted by Crippen LogP contribution is -1.75. The molecule has 0 saturated heterocycles. The molecule has 0 fully saturated rings. The molecule has 0 amide bonds. The molecule has 22 heavy (non-hydrogen) atoms. The fourth-order valence-electron chi connectivity index (χ4n) is 1.95. The lowest BCUT2D eigenvalue weighted by atomic mass is 10.0. The zero-order valence-electron chi connectivity index (χ0n) is 15.8. The Balaban J connectivity index is 0. The van der Waals surface area contributed by atoms with Gasteiger partial charge in [0, 0.05) is 0 Å². The van der Waals surface area contributed by atoms with Crippen molar-refractivity contribution in [2.24, 2.45) is 0 Å². The zero-order valence-corrected chi connectivity index (χ0v) is 15.8. The van der Waals surface area contributed by atoms with Gasteiger partial charge in [-0.15, -0.1) is 0 Å². The summed E-state index contributed by atoms with van der Waals surface area (Å²) in [5.41, 5.74) is 0. The Labute approximate surface area is 138 Å². The standard InChI is InChI=1S/C14H10.4C2H6/c1-3-7-13-11(5-1)9-10-12-6-2-4-8-14(12)13;4*1-2/h1-10H;4*1-2H3. The van der Waals surface area contributed by atoms with Crippen LogP contribution in [0.3, 0.4) is 0 Å². The molecule has 3 rings (SSSR count). The minimum Gasteiger partial charge on any atom is -0.0683 e. The van der Waals surface area contributed by atoms with Crippen LogP contribution in [0.5, 0.6) is 0 Å². The largest absolute Gasteiger partial charge is 0.0683 e. The van der Waals surface area contributed by atoms with Crippen LogP contribution in [0.1, 0.15) is 55.4 Å². The SMILES string of the molecule is CC.CC.CC.CC.c1ccc2c(c1)ccc1ccccc12. The Morgan fingerprint density at radius 3 is 0.955 bits per heavy atom. The minimum absolute atomic E-state index is 1.31. The highest BCUT2D eigenvalue weighted by molar-refractivity contribution is 6.07. The first-order valence-electron chi connectivity index (χ1n) is 8.82. The molecule has 0 spiro atoms. The molecule has 0 aliphatic carbocycles. The summed E-state index contributed by atoms with van der Waals surface area (Å²) in [5.74, 6) is 0. The minimum atomic E-state index is 1.31. The molecule has 122 valence electrons. The van der Waals surface area contributed by atoms with Crippen molar-refractivity contribution in [2.45, 2.75) is 55.4 Å². The molecule has 3 aromatic carbocycles. The van der Waals surface area contributed by atoms with Crippen LogP contribution < -0.4 is 0 Å². The van der Waals surface area contributed by atoms with Gasteiger partial charge in [0.15, 0.2) is 0 Å². The lowest BCUT2D eigenvalue weighted by Gasteiger charge is -2.02. The summed E-state index contributed by atoms with van der Waals surface area (Å²) in [6.45, 7) is 16.0. The van der Waals surface area contributed by atoms with Gasteiger partial charge in [-0.25, -0.2) is 0 Å². The van der Waals surface area contributed by atoms with E-state index in [1.807, 2.05) is 55.4 Å². The molecule has 0 aromatic heterocycles. The van der Waals surface area contributed by atoms with Crippen molar-refractivity contribution in [2.75, 3.05) is 0 Å². The molecule has 3 aromatic rings. The molecule has 0 saturated carbocycles. The summed E-state index contributed by atoms with van der Waals surface area (Å²) in [7, 11) is 0. The fraction of sp³-hybridized carbons (Fsp3) is 0.364. The van der Waals surface area contributed by atoms with Crippen LogP contribution in [0.25, 0.3) is 21.5 Å². The number of rotatable bonds is 0. The van der Waals surface area contributed by atoms with E-state index in [-0.39, 0.29) is 0 Å². The lowest BCUT2D eigenvalue weighted by molar-refractivity contribution is 1.50. The van der Waals surface area contributed by atoms with Gasteiger partial charge in [-0.3, -0.25) is 0 Å². The molecule has 0 unspecified atom stereocenters. The van der Waals surface area contributed by atoms with Crippen LogP contribution in [0.15, 0.2) is 60.7 Å². The van der Waals surface area contributed by atoms with Crippen molar-refractivity contribution < 1.29 is 0 Å². The third-order valence-corrected chi connectivity index (χ3v) is 2.65. The summed E-state index contributed by atoms with van der Waals surface area (Å²) >= 11 is 0. The normalized spacial score (nSPS) is 8.00. The van der Waals surface area contributed by atoms with Crippen molar-refractivity contribution >= 4 is 21.5 Å². The van der Waals surface area contributed by atoms with Gasteiger partial charge in [0.05, 0.1) is 0 Å². The van der Waals surface area contributed by atoms with Gasteiger partial charge in [0.25, 0.3) is 0 Å². The van der Waals surface area contributed by atoms with E-state index < -0.39 is 0 Å². The van der Waals surface area contributed by atoms with E-state index in [0.717, 1.165) is 0 Å². The molecule has 0 atom stereocenters. The van der Waals surface area contributed by atoms with Gasteiger partial charge in [-0.05, 0) is 21.5 Å². The van der Waals surface area contributed by atoms with Crippen molar-refractivity contribution in [3.8, 4) is 0 Å². The third-order valence-electron chi connectivity index (χ3n) is 2.65. The first-order chi connectivity index (χ1) is 10.9. The molecule has 0 heteroatoms. The van der Waals surface area contributed by atoms with Crippen LogP contribution in [-0.2, 0) is 0 Å². The molecule has 0 radical (unpaired) electrons. The molecular formula is C22H34. The maximum Gasteiger partial charge on any atom is -0.0105 e. The molecular weight excluding hydrogens is 264 g/mol. The average Bonchev–Trinajstić information content (AvgIpc) is 2.68. The van der Waals surface area contributed by atoms with Crippen LogP contribution in [0.2, 0.25) is 0 Å². The first kappa shape index (κ1) is 22.5. The monoisotopic (exact) mass is 298 g/mol. The van der Waals surface area contributed by atoms with Crippen LogP contribution in [-0.4, -0.2) is 0 Å². The van der Waals surface area contributed by atoms with E-state index in [0.29, 0.717) is 0 Å². The summed E-state index contributed by atoms with van der Waals surface area (Å²) in [6, 6.07) is 21.4. The Bertz CT molecular complexity index is 539.